The van der Waals surface area contributed by atoms with E-state index in [0.717, 1.165) is 24.0 Å². The van der Waals surface area contributed by atoms with Crippen molar-refractivity contribution < 1.29 is 4.79 Å². The van der Waals surface area contributed by atoms with Gasteiger partial charge in [-0.15, -0.1) is 0 Å². The van der Waals surface area contributed by atoms with Crippen molar-refractivity contribution in [3.05, 3.63) is 52.8 Å². The molecule has 1 aliphatic carbocycles. The molecule has 2 aromatic rings. The van der Waals surface area contributed by atoms with Crippen molar-refractivity contribution in [2.45, 2.75) is 32.2 Å². The van der Waals surface area contributed by atoms with Crippen LogP contribution in [0.1, 0.15) is 39.9 Å². The number of nitrogens with one attached hydrogen (secondary N) is 1. The summed E-state index contributed by atoms with van der Waals surface area (Å²) >= 11 is 0. The maximum Gasteiger partial charge on any atom is 0.253 e. The van der Waals surface area contributed by atoms with Gasteiger partial charge in [0.05, 0.1) is 6.20 Å². The molecule has 0 unspecified atom stereocenters. The highest BCUT2D eigenvalue weighted by atomic mass is 16.2. The molecular formula is C16H19N3O. The second-order valence-electron chi connectivity index (χ2n) is 5.46. The van der Waals surface area contributed by atoms with E-state index >= 15 is 0 Å². The van der Waals surface area contributed by atoms with Crippen molar-refractivity contribution >= 4 is 5.91 Å². The number of H-pyrrole nitrogens is 1. The Kier molecular flexibility index (Phi) is 3.54. The standard InChI is InChI=1S/C16H19N3O/c1-19(11-12-9-17-18-10-12)16(20)15-7-6-13-4-2-3-5-14(13)8-15/h6-10H,2-5,11H2,1H3,(H,17,18). The lowest BCUT2D eigenvalue weighted by atomic mass is 9.90. The molecule has 1 aliphatic rings. The first-order valence-electron chi connectivity index (χ1n) is 7.09. The van der Waals surface area contributed by atoms with E-state index in [1.807, 2.05) is 19.3 Å². The number of fused-ring (bicyclic) bond motifs is 1. The summed E-state index contributed by atoms with van der Waals surface area (Å²) in [5.74, 6) is 0.0690. The van der Waals surface area contributed by atoms with Crippen molar-refractivity contribution in [2.75, 3.05) is 7.05 Å². The highest BCUT2D eigenvalue weighted by Crippen LogP contribution is 2.22. The minimum absolute atomic E-state index is 0.0690. The number of carbonyl (C=O) groups is 1. The third-order valence-corrected chi connectivity index (χ3v) is 3.92. The van der Waals surface area contributed by atoms with E-state index in [1.54, 1.807) is 11.1 Å². The normalized spacial score (nSPS) is 13.8. The highest BCUT2D eigenvalue weighted by molar-refractivity contribution is 5.94. The van der Waals surface area contributed by atoms with Gasteiger partial charge in [0.1, 0.15) is 0 Å². The molecule has 1 amide bonds. The molecule has 0 bridgehead atoms. The Balaban J connectivity index is 1.76. The molecule has 104 valence electrons. The first-order chi connectivity index (χ1) is 9.74. The van der Waals surface area contributed by atoms with Gasteiger partial charge in [-0.3, -0.25) is 9.89 Å². The van der Waals surface area contributed by atoms with Crippen LogP contribution < -0.4 is 0 Å². The number of carbonyl (C=O) groups excluding carboxylic acids is 1. The van der Waals surface area contributed by atoms with Gasteiger partial charge in [0.15, 0.2) is 0 Å². The van der Waals surface area contributed by atoms with Gasteiger partial charge < -0.3 is 4.90 Å². The van der Waals surface area contributed by atoms with Crippen LogP contribution in [0.25, 0.3) is 0 Å². The van der Waals surface area contributed by atoms with Crippen LogP contribution in [0.4, 0.5) is 0 Å². The van der Waals surface area contributed by atoms with Gasteiger partial charge in [0, 0.05) is 30.9 Å². The summed E-state index contributed by atoms with van der Waals surface area (Å²) in [5.41, 5.74) is 4.56. The number of aryl methyl sites for hydroxylation is 2. The second kappa shape index (κ2) is 5.49. The van der Waals surface area contributed by atoms with Crippen molar-refractivity contribution in [3.63, 3.8) is 0 Å². The summed E-state index contributed by atoms with van der Waals surface area (Å²) in [6.07, 6.45) is 8.31. The van der Waals surface area contributed by atoms with Gasteiger partial charge >= 0.3 is 0 Å². The van der Waals surface area contributed by atoms with Gasteiger partial charge in [0.2, 0.25) is 0 Å². The van der Waals surface area contributed by atoms with E-state index in [2.05, 4.69) is 22.3 Å². The fraction of sp³-hybridized carbons (Fsp3) is 0.375. The summed E-state index contributed by atoms with van der Waals surface area (Å²) in [4.78, 5) is 14.2. The number of hydrogen-bond acceptors (Lipinski definition) is 2. The van der Waals surface area contributed by atoms with Crippen molar-refractivity contribution in [1.29, 1.82) is 0 Å². The summed E-state index contributed by atoms with van der Waals surface area (Å²) < 4.78 is 0. The van der Waals surface area contributed by atoms with E-state index < -0.39 is 0 Å². The molecule has 20 heavy (non-hydrogen) atoms. The third-order valence-electron chi connectivity index (χ3n) is 3.92. The van der Waals surface area contributed by atoms with Gasteiger partial charge in [-0.2, -0.15) is 5.10 Å². The topological polar surface area (TPSA) is 49.0 Å². The van der Waals surface area contributed by atoms with Gasteiger partial charge in [0.25, 0.3) is 5.91 Å². The molecule has 0 saturated carbocycles. The number of rotatable bonds is 3. The van der Waals surface area contributed by atoms with Crippen LogP contribution in [0.5, 0.6) is 0 Å². The fourth-order valence-electron chi connectivity index (χ4n) is 2.80. The fourth-order valence-corrected chi connectivity index (χ4v) is 2.80. The van der Waals surface area contributed by atoms with Crippen LogP contribution in [0.3, 0.4) is 0 Å². The number of nitrogens with zero attached hydrogens (tertiary/aromatic N) is 2. The average molecular weight is 269 g/mol. The molecule has 1 aromatic carbocycles. The molecule has 1 aromatic heterocycles. The molecule has 3 rings (SSSR count). The average Bonchev–Trinajstić information content (AvgIpc) is 2.99. The zero-order valence-corrected chi connectivity index (χ0v) is 11.7. The van der Waals surface area contributed by atoms with E-state index in [-0.39, 0.29) is 5.91 Å². The number of amides is 1. The Morgan fingerprint density at radius 2 is 2.10 bits per heavy atom. The first kappa shape index (κ1) is 12.9. The van der Waals surface area contributed by atoms with E-state index in [4.69, 9.17) is 0 Å². The molecule has 1 heterocycles. The predicted molar refractivity (Wildman–Crippen MR) is 77.5 cm³/mol. The lowest BCUT2D eigenvalue weighted by Crippen LogP contribution is -2.26. The number of aromatic amines is 1. The smallest absolute Gasteiger partial charge is 0.253 e. The maximum atomic E-state index is 12.5. The van der Waals surface area contributed by atoms with Gasteiger partial charge in [-0.05, 0) is 48.9 Å². The Morgan fingerprint density at radius 3 is 2.85 bits per heavy atom. The third kappa shape index (κ3) is 2.59. The SMILES string of the molecule is CN(Cc1cn[nH]c1)C(=O)c1ccc2c(c1)CCCC2. The van der Waals surface area contributed by atoms with Crippen molar-refractivity contribution in [3.8, 4) is 0 Å². The van der Waals surface area contributed by atoms with E-state index in [1.165, 1.54) is 24.0 Å². The minimum atomic E-state index is 0.0690. The van der Waals surface area contributed by atoms with Crippen LogP contribution >= 0.6 is 0 Å². The maximum absolute atomic E-state index is 12.5. The first-order valence-corrected chi connectivity index (χ1v) is 7.09. The minimum Gasteiger partial charge on any atom is -0.337 e. The summed E-state index contributed by atoms with van der Waals surface area (Å²) in [7, 11) is 1.83. The van der Waals surface area contributed by atoms with Crippen LogP contribution in [0, 0.1) is 0 Å². The molecule has 0 fully saturated rings. The van der Waals surface area contributed by atoms with Crippen LogP contribution in [-0.4, -0.2) is 28.1 Å². The van der Waals surface area contributed by atoms with Gasteiger partial charge in [-0.1, -0.05) is 6.07 Å². The molecule has 0 aliphatic heterocycles. The quantitative estimate of drug-likeness (QED) is 0.931. The van der Waals surface area contributed by atoms with Crippen molar-refractivity contribution in [2.24, 2.45) is 0 Å². The van der Waals surface area contributed by atoms with Crippen LogP contribution in [-0.2, 0) is 19.4 Å². The lowest BCUT2D eigenvalue weighted by Gasteiger charge is -2.19. The molecule has 0 spiro atoms. The molecule has 1 N–H and O–H groups in total. The predicted octanol–water partition coefficient (Wildman–Crippen LogP) is 2.56. The zero-order valence-electron chi connectivity index (χ0n) is 11.7. The molecule has 0 radical (unpaired) electrons. The van der Waals surface area contributed by atoms with Crippen molar-refractivity contribution in [1.82, 2.24) is 15.1 Å². The zero-order chi connectivity index (χ0) is 13.9. The summed E-state index contributed by atoms with van der Waals surface area (Å²) in [5, 5.41) is 6.67. The molecular weight excluding hydrogens is 250 g/mol. The molecule has 0 atom stereocenters. The number of benzene rings is 1. The molecule has 4 nitrogen and oxygen atoms in total. The second-order valence-corrected chi connectivity index (χ2v) is 5.46. The largest absolute Gasteiger partial charge is 0.337 e. The Bertz CT molecular complexity index is 604. The Morgan fingerprint density at radius 1 is 1.30 bits per heavy atom. The van der Waals surface area contributed by atoms with Crippen LogP contribution in [0.15, 0.2) is 30.6 Å². The Labute approximate surface area is 118 Å². The van der Waals surface area contributed by atoms with Gasteiger partial charge in [-0.25, -0.2) is 0 Å². The summed E-state index contributed by atoms with van der Waals surface area (Å²) in [6, 6.07) is 6.15. The number of hydrogen-bond donors (Lipinski definition) is 1. The molecule has 4 heteroatoms. The highest BCUT2D eigenvalue weighted by Gasteiger charge is 2.16. The van der Waals surface area contributed by atoms with E-state index in [0.29, 0.717) is 6.54 Å². The lowest BCUT2D eigenvalue weighted by molar-refractivity contribution is 0.0785. The van der Waals surface area contributed by atoms with Crippen LogP contribution in [0.2, 0.25) is 0 Å². The van der Waals surface area contributed by atoms with E-state index in [9.17, 15) is 4.79 Å². The monoisotopic (exact) mass is 269 g/mol. The number of aromatic nitrogens is 2. The Hall–Kier alpha value is -2.10. The summed E-state index contributed by atoms with van der Waals surface area (Å²) in [6.45, 7) is 0.576. The molecule has 0 saturated heterocycles.